The number of rotatable bonds is 2. The topological polar surface area (TPSA) is 43.8 Å². The van der Waals surface area contributed by atoms with E-state index in [0.717, 1.165) is 4.68 Å². The highest BCUT2D eigenvalue weighted by molar-refractivity contribution is 5.34. The molecule has 6 heteroatoms. The minimum absolute atomic E-state index is 0.133. The molecule has 0 saturated heterocycles. The number of halogens is 3. The molecule has 0 spiro atoms. The predicted octanol–water partition coefficient (Wildman–Crippen LogP) is 2.43. The van der Waals surface area contributed by atoms with Gasteiger partial charge < -0.3 is 5.73 Å². The van der Waals surface area contributed by atoms with Crippen LogP contribution in [-0.2, 0) is 11.7 Å². The van der Waals surface area contributed by atoms with E-state index < -0.39 is 17.4 Å². The van der Waals surface area contributed by atoms with Gasteiger partial charge in [-0.2, -0.15) is 18.3 Å². The van der Waals surface area contributed by atoms with Crippen LogP contribution >= 0.6 is 0 Å². The van der Waals surface area contributed by atoms with Crippen molar-refractivity contribution in [3.8, 4) is 0 Å². The van der Waals surface area contributed by atoms with Crippen LogP contribution in [0.5, 0.6) is 0 Å². The number of alkyl halides is 3. The van der Waals surface area contributed by atoms with Gasteiger partial charge in [0.1, 0.15) is 5.69 Å². The Morgan fingerprint density at radius 2 is 2.00 bits per heavy atom. The summed E-state index contributed by atoms with van der Waals surface area (Å²) in [6, 6.07) is -0.326. The lowest BCUT2D eigenvalue weighted by atomic mass is 10.1. The molecule has 0 aliphatic heterocycles. The predicted molar refractivity (Wildman–Crippen MR) is 52.7 cm³/mol. The maximum absolute atomic E-state index is 12.9. The van der Waals surface area contributed by atoms with Crippen LogP contribution < -0.4 is 5.73 Å². The third-order valence-corrected chi connectivity index (χ3v) is 2.88. The molecule has 0 unspecified atom stereocenters. The Kier molecular flexibility index (Phi) is 2.31. The van der Waals surface area contributed by atoms with Crippen molar-refractivity contribution in [2.45, 2.75) is 44.4 Å². The second-order valence-electron chi connectivity index (χ2n) is 4.60. The third-order valence-electron chi connectivity index (χ3n) is 2.88. The fourth-order valence-electron chi connectivity index (χ4n) is 1.80. The van der Waals surface area contributed by atoms with E-state index in [1.807, 2.05) is 0 Å². The van der Waals surface area contributed by atoms with Crippen molar-refractivity contribution in [2.24, 2.45) is 5.73 Å². The van der Waals surface area contributed by atoms with E-state index in [2.05, 4.69) is 5.10 Å². The van der Waals surface area contributed by atoms with Gasteiger partial charge in [0.05, 0.1) is 6.20 Å². The molecule has 1 saturated carbocycles. The molecule has 1 aliphatic carbocycles. The van der Waals surface area contributed by atoms with Gasteiger partial charge in [-0.1, -0.05) is 0 Å². The second-order valence-corrected chi connectivity index (χ2v) is 4.60. The minimum atomic E-state index is -4.40. The van der Waals surface area contributed by atoms with Gasteiger partial charge in [0, 0.05) is 17.1 Å². The van der Waals surface area contributed by atoms with E-state index in [0.29, 0.717) is 12.8 Å². The Bertz CT molecular complexity index is 402. The maximum Gasteiger partial charge on any atom is 0.433 e. The summed E-state index contributed by atoms with van der Waals surface area (Å²) in [6.07, 6.45) is -1.94. The van der Waals surface area contributed by atoms with Gasteiger partial charge in [-0.25, -0.2) is 0 Å². The lowest BCUT2D eigenvalue weighted by Gasteiger charge is -2.17. The van der Waals surface area contributed by atoms with E-state index in [1.165, 1.54) is 6.20 Å². The Balaban J connectivity index is 2.55. The average molecular weight is 233 g/mol. The lowest BCUT2D eigenvalue weighted by molar-refractivity contribution is -0.145. The molecule has 1 aromatic rings. The summed E-state index contributed by atoms with van der Waals surface area (Å²) >= 11 is 0. The molecular formula is C10H14F3N3. The molecule has 0 atom stereocenters. The molecule has 0 radical (unpaired) electrons. The molecular weight excluding hydrogens is 219 g/mol. The van der Waals surface area contributed by atoms with E-state index >= 15 is 0 Å². The van der Waals surface area contributed by atoms with Crippen LogP contribution in [0, 0.1) is 0 Å². The van der Waals surface area contributed by atoms with Gasteiger partial charge in [-0.15, -0.1) is 0 Å². The van der Waals surface area contributed by atoms with Crippen molar-refractivity contribution in [3.63, 3.8) is 0 Å². The molecule has 3 nitrogen and oxygen atoms in total. The van der Waals surface area contributed by atoms with Crippen LogP contribution in [0.15, 0.2) is 6.20 Å². The first-order chi connectivity index (χ1) is 7.26. The monoisotopic (exact) mass is 233 g/mol. The van der Waals surface area contributed by atoms with E-state index in [1.54, 1.807) is 13.8 Å². The highest BCUT2D eigenvalue weighted by Crippen LogP contribution is 2.47. The van der Waals surface area contributed by atoms with Crippen LogP contribution in [0.3, 0.4) is 0 Å². The number of nitrogens with two attached hydrogens (primary N) is 1. The molecule has 1 aromatic heterocycles. The molecule has 16 heavy (non-hydrogen) atoms. The minimum Gasteiger partial charge on any atom is -0.321 e. The highest BCUT2D eigenvalue weighted by Gasteiger charge is 2.49. The average Bonchev–Trinajstić information content (AvgIpc) is 2.72. The number of nitrogens with zero attached hydrogens (tertiary/aromatic N) is 2. The van der Waals surface area contributed by atoms with Crippen LogP contribution in [0.1, 0.15) is 44.0 Å². The van der Waals surface area contributed by atoms with Crippen LogP contribution in [0.4, 0.5) is 13.2 Å². The fraction of sp³-hybridized carbons (Fsp3) is 0.700. The first kappa shape index (κ1) is 11.4. The fourth-order valence-corrected chi connectivity index (χ4v) is 1.80. The van der Waals surface area contributed by atoms with Crippen LogP contribution in [0.2, 0.25) is 0 Å². The zero-order chi connectivity index (χ0) is 12.1. The molecule has 0 aromatic carbocycles. The largest absolute Gasteiger partial charge is 0.433 e. The first-order valence-corrected chi connectivity index (χ1v) is 5.20. The Hall–Kier alpha value is -1.04. The van der Waals surface area contributed by atoms with Gasteiger partial charge in [0.15, 0.2) is 0 Å². The molecule has 90 valence electrons. The van der Waals surface area contributed by atoms with Crippen molar-refractivity contribution in [1.82, 2.24) is 9.78 Å². The SMILES string of the molecule is CC(C)n1ncc(C2(N)CC2)c1C(F)(F)F. The van der Waals surface area contributed by atoms with Crippen molar-refractivity contribution >= 4 is 0 Å². The Morgan fingerprint density at radius 1 is 1.44 bits per heavy atom. The molecule has 2 rings (SSSR count). The van der Waals surface area contributed by atoms with Gasteiger partial charge in [-0.05, 0) is 26.7 Å². The van der Waals surface area contributed by atoms with Gasteiger partial charge in [0.25, 0.3) is 0 Å². The summed E-state index contributed by atoms with van der Waals surface area (Å²) < 4.78 is 39.8. The Labute approximate surface area is 91.4 Å². The molecule has 1 fully saturated rings. The Morgan fingerprint density at radius 3 is 2.38 bits per heavy atom. The molecule has 1 heterocycles. The van der Waals surface area contributed by atoms with Gasteiger partial charge in [0.2, 0.25) is 0 Å². The normalized spacial score (nSPS) is 19.2. The van der Waals surface area contributed by atoms with Crippen molar-refractivity contribution in [3.05, 3.63) is 17.5 Å². The second kappa shape index (κ2) is 3.23. The summed E-state index contributed by atoms with van der Waals surface area (Å²) in [5.74, 6) is 0. The van der Waals surface area contributed by atoms with Crippen molar-refractivity contribution < 1.29 is 13.2 Å². The van der Waals surface area contributed by atoms with Crippen molar-refractivity contribution in [1.29, 1.82) is 0 Å². The molecule has 1 aliphatic rings. The smallest absolute Gasteiger partial charge is 0.321 e. The van der Waals surface area contributed by atoms with E-state index in [9.17, 15) is 13.2 Å². The lowest BCUT2D eigenvalue weighted by Crippen LogP contribution is -2.25. The standard InChI is InChI=1S/C10H14F3N3/c1-6(2)16-8(10(11,12)13)7(5-15-16)9(14)3-4-9/h5-6H,3-4,14H2,1-2H3. The van der Waals surface area contributed by atoms with Crippen molar-refractivity contribution in [2.75, 3.05) is 0 Å². The first-order valence-electron chi connectivity index (χ1n) is 5.20. The summed E-state index contributed by atoms with van der Waals surface area (Å²) in [4.78, 5) is 0. The maximum atomic E-state index is 12.9. The van der Waals surface area contributed by atoms with Gasteiger partial charge >= 0.3 is 6.18 Å². The molecule has 0 amide bonds. The van der Waals surface area contributed by atoms with Crippen LogP contribution in [-0.4, -0.2) is 9.78 Å². The van der Waals surface area contributed by atoms with E-state index in [-0.39, 0.29) is 11.6 Å². The number of hydrogen-bond acceptors (Lipinski definition) is 2. The summed E-state index contributed by atoms with van der Waals surface area (Å²) in [7, 11) is 0. The van der Waals surface area contributed by atoms with E-state index in [4.69, 9.17) is 5.73 Å². The quantitative estimate of drug-likeness (QED) is 0.852. The molecule has 2 N–H and O–H groups in total. The molecule has 0 bridgehead atoms. The summed E-state index contributed by atoms with van der Waals surface area (Å²) in [6.45, 7) is 3.34. The third kappa shape index (κ3) is 1.71. The van der Waals surface area contributed by atoms with Gasteiger partial charge in [-0.3, -0.25) is 4.68 Å². The number of hydrogen-bond donors (Lipinski definition) is 1. The summed E-state index contributed by atoms with van der Waals surface area (Å²) in [5.41, 5.74) is 4.46. The van der Waals surface area contributed by atoms with Crippen LogP contribution in [0.25, 0.3) is 0 Å². The zero-order valence-corrected chi connectivity index (χ0v) is 9.17. The summed E-state index contributed by atoms with van der Waals surface area (Å²) in [5, 5.41) is 3.81. The zero-order valence-electron chi connectivity index (χ0n) is 9.17. The number of aromatic nitrogens is 2. The highest BCUT2D eigenvalue weighted by atomic mass is 19.4.